The van der Waals surface area contributed by atoms with Gasteiger partial charge >= 0.3 is 0 Å². The first-order chi connectivity index (χ1) is 6.93. The maximum Gasteiger partial charge on any atom is 0.0594 e. The van der Waals surface area contributed by atoms with Crippen molar-refractivity contribution in [1.29, 1.82) is 0 Å². The SMILES string of the molecule is C#CCCNCCCN1CCOCC1. The first-order valence-corrected chi connectivity index (χ1v) is 5.38. The normalized spacial score (nSPS) is 17.9. The lowest BCUT2D eigenvalue weighted by Crippen LogP contribution is -2.37. The van der Waals surface area contributed by atoms with Gasteiger partial charge in [0.05, 0.1) is 13.2 Å². The van der Waals surface area contributed by atoms with E-state index in [4.69, 9.17) is 11.2 Å². The highest BCUT2D eigenvalue weighted by atomic mass is 16.5. The third-order valence-electron chi connectivity index (χ3n) is 2.38. The fourth-order valence-electron chi connectivity index (χ4n) is 1.54. The van der Waals surface area contributed by atoms with E-state index in [0.29, 0.717) is 0 Å². The van der Waals surface area contributed by atoms with E-state index in [-0.39, 0.29) is 0 Å². The Morgan fingerprint density at radius 1 is 1.29 bits per heavy atom. The van der Waals surface area contributed by atoms with E-state index in [1.807, 2.05) is 0 Å². The number of terminal acetylenes is 1. The fraction of sp³-hybridized carbons (Fsp3) is 0.818. The summed E-state index contributed by atoms with van der Waals surface area (Å²) in [6.45, 7) is 7.15. The zero-order valence-corrected chi connectivity index (χ0v) is 8.80. The Morgan fingerprint density at radius 3 is 2.79 bits per heavy atom. The van der Waals surface area contributed by atoms with Gasteiger partial charge in [-0.15, -0.1) is 12.3 Å². The fourth-order valence-corrected chi connectivity index (χ4v) is 1.54. The molecule has 1 N–H and O–H groups in total. The highest BCUT2D eigenvalue weighted by molar-refractivity contribution is 4.83. The Balaban J connectivity index is 1.85. The van der Waals surface area contributed by atoms with Crippen molar-refractivity contribution in [1.82, 2.24) is 10.2 Å². The number of hydrogen-bond acceptors (Lipinski definition) is 3. The summed E-state index contributed by atoms with van der Waals surface area (Å²) < 4.78 is 5.28. The van der Waals surface area contributed by atoms with Gasteiger partial charge in [0.1, 0.15) is 0 Å². The van der Waals surface area contributed by atoms with Crippen LogP contribution in [0.5, 0.6) is 0 Å². The van der Waals surface area contributed by atoms with E-state index < -0.39 is 0 Å². The van der Waals surface area contributed by atoms with Crippen molar-refractivity contribution in [3.05, 3.63) is 0 Å². The minimum Gasteiger partial charge on any atom is -0.379 e. The standard InChI is InChI=1S/C11H20N2O/c1-2-3-5-12-6-4-7-13-8-10-14-11-9-13/h1,12H,3-11H2. The molecule has 1 heterocycles. The molecule has 1 aliphatic heterocycles. The Morgan fingerprint density at radius 2 is 2.07 bits per heavy atom. The van der Waals surface area contributed by atoms with E-state index in [2.05, 4.69) is 16.1 Å². The summed E-state index contributed by atoms with van der Waals surface area (Å²) in [7, 11) is 0. The molecular weight excluding hydrogens is 176 g/mol. The summed E-state index contributed by atoms with van der Waals surface area (Å²) in [5.41, 5.74) is 0. The van der Waals surface area contributed by atoms with Crippen LogP contribution in [0.4, 0.5) is 0 Å². The Labute approximate surface area is 86.8 Å². The van der Waals surface area contributed by atoms with Crippen LogP contribution in [0.1, 0.15) is 12.8 Å². The average Bonchev–Trinajstić information content (AvgIpc) is 2.25. The van der Waals surface area contributed by atoms with Gasteiger partial charge in [-0.25, -0.2) is 0 Å². The molecule has 1 rings (SSSR count). The molecular formula is C11H20N2O. The summed E-state index contributed by atoms with van der Waals surface area (Å²) in [5.74, 6) is 2.62. The average molecular weight is 196 g/mol. The third kappa shape index (κ3) is 5.23. The largest absolute Gasteiger partial charge is 0.379 e. The second-order valence-electron chi connectivity index (χ2n) is 3.51. The lowest BCUT2D eigenvalue weighted by atomic mass is 10.3. The third-order valence-corrected chi connectivity index (χ3v) is 2.38. The quantitative estimate of drug-likeness (QED) is 0.489. The molecule has 0 spiro atoms. The van der Waals surface area contributed by atoms with Gasteiger partial charge in [-0.3, -0.25) is 4.90 Å². The molecule has 0 unspecified atom stereocenters. The number of morpholine rings is 1. The summed E-state index contributed by atoms with van der Waals surface area (Å²) in [4.78, 5) is 2.45. The molecule has 0 atom stereocenters. The zero-order chi connectivity index (χ0) is 10.1. The van der Waals surface area contributed by atoms with Gasteiger partial charge in [0.15, 0.2) is 0 Å². The summed E-state index contributed by atoms with van der Waals surface area (Å²) in [5, 5.41) is 3.33. The number of hydrogen-bond donors (Lipinski definition) is 1. The van der Waals surface area contributed by atoms with E-state index in [9.17, 15) is 0 Å². The number of rotatable bonds is 6. The first kappa shape index (κ1) is 11.5. The molecule has 1 aliphatic rings. The second-order valence-corrected chi connectivity index (χ2v) is 3.51. The van der Waals surface area contributed by atoms with Crippen molar-refractivity contribution in [3.8, 4) is 12.3 Å². The molecule has 1 fully saturated rings. The van der Waals surface area contributed by atoms with Crippen LogP contribution < -0.4 is 5.32 Å². The predicted octanol–water partition coefficient (Wildman–Crippen LogP) is 0.322. The van der Waals surface area contributed by atoms with Crippen LogP contribution in [0.2, 0.25) is 0 Å². The molecule has 14 heavy (non-hydrogen) atoms. The van der Waals surface area contributed by atoms with Crippen molar-refractivity contribution in [3.63, 3.8) is 0 Å². The smallest absolute Gasteiger partial charge is 0.0594 e. The van der Waals surface area contributed by atoms with Gasteiger partial charge in [0.25, 0.3) is 0 Å². The van der Waals surface area contributed by atoms with Gasteiger partial charge in [-0.2, -0.15) is 0 Å². The number of ether oxygens (including phenoxy) is 1. The monoisotopic (exact) mass is 196 g/mol. The first-order valence-electron chi connectivity index (χ1n) is 5.38. The van der Waals surface area contributed by atoms with E-state index >= 15 is 0 Å². The summed E-state index contributed by atoms with van der Waals surface area (Å²) in [6.07, 6.45) is 7.18. The van der Waals surface area contributed by atoms with Gasteiger partial charge in [-0.1, -0.05) is 0 Å². The van der Waals surface area contributed by atoms with E-state index in [1.165, 1.54) is 13.0 Å². The predicted molar refractivity (Wildman–Crippen MR) is 58.2 cm³/mol. The molecule has 0 bridgehead atoms. The van der Waals surface area contributed by atoms with Crippen molar-refractivity contribution in [2.45, 2.75) is 12.8 Å². The number of nitrogens with one attached hydrogen (secondary N) is 1. The van der Waals surface area contributed by atoms with Crippen LogP contribution in [0.25, 0.3) is 0 Å². The van der Waals surface area contributed by atoms with Crippen LogP contribution in [0.3, 0.4) is 0 Å². The molecule has 0 aromatic heterocycles. The topological polar surface area (TPSA) is 24.5 Å². The van der Waals surface area contributed by atoms with Crippen LogP contribution in [0, 0.1) is 12.3 Å². The van der Waals surface area contributed by atoms with Gasteiger partial charge in [0.2, 0.25) is 0 Å². The maximum atomic E-state index is 5.28. The molecule has 0 aromatic rings. The van der Waals surface area contributed by atoms with Gasteiger partial charge < -0.3 is 10.1 Å². The molecule has 0 saturated carbocycles. The number of nitrogens with zero attached hydrogens (tertiary/aromatic N) is 1. The Hall–Kier alpha value is -0.560. The maximum absolute atomic E-state index is 5.28. The van der Waals surface area contributed by atoms with Crippen LogP contribution >= 0.6 is 0 Å². The molecule has 0 aliphatic carbocycles. The summed E-state index contributed by atoms with van der Waals surface area (Å²) in [6, 6.07) is 0. The Bertz CT molecular complexity index is 171. The van der Waals surface area contributed by atoms with Crippen LogP contribution in [-0.2, 0) is 4.74 Å². The van der Waals surface area contributed by atoms with Crippen LogP contribution in [-0.4, -0.2) is 50.8 Å². The molecule has 0 radical (unpaired) electrons. The van der Waals surface area contributed by atoms with Crippen molar-refractivity contribution in [2.24, 2.45) is 0 Å². The van der Waals surface area contributed by atoms with Crippen molar-refractivity contribution >= 4 is 0 Å². The molecule has 0 amide bonds. The van der Waals surface area contributed by atoms with E-state index in [0.717, 1.165) is 45.8 Å². The Kier molecular flexibility index (Phi) is 6.42. The van der Waals surface area contributed by atoms with Crippen LogP contribution in [0.15, 0.2) is 0 Å². The highest BCUT2D eigenvalue weighted by Gasteiger charge is 2.08. The zero-order valence-electron chi connectivity index (χ0n) is 8.80. The highest BCUT2D eigenvalue weighted by Crippen LogP contribution is 1.97. The molecule has 0 aromatic carbocycles. The summed E-state index contributed by atoms with van der Waals surface area (Å²) >= 11 is 0. The lowest BCUT2D eigenvalue weighted by molar-refractivity contribution is 0.0375. The van der Waals surface area contributed by atoms with Crippen molar-refractivity contribution < 1.29 is 4.74 Å². The minimum absolute atomic E-state index is 0.831. The molecule has 80 valence electrons. The molecule has 3 nitrogen and oxygen atoms in total. The van der Waals surface area contributed by atoms with Gasteiger partial charge in [0, 0.05) is 26.1 Å². The van der Waals surface area contributed by atoms with Crippen molar-refractivity contribution in [2.75, 3.05) is 45.9 Å². The minimum atomic E-state index is 0.831. The molecule has 1 saturated heterocycles. The molecule has 3 heteroatoms. The van der Waals surface area contributed by atoms with E-state index in [1.54, 1.807) is 0 Å². The second kappa shape index (κ2) is 7.81. The lowest BCUT2D eigenvalue weighted by Gasteiger charge is -2.26. The van der Waals surface area contributed by atoms with Gasteiger partial charge in [-0.05, 0) is 19.5 Å².